The molecule has 0 radical (unpaired) electrons. The van der Waals surface area contributed by atoms with Crippen molar-refractivity contribution in [3.05, 3.63) is 0 Å². The van der Waals surface area contributed by atoms with Crippen LogP contribution in [0, 0.1) is 5.92 Å². The van der Waals surface area contributed by atoms with Crippen molar-refractivity contribution >= 4 is 0 Å². The van der Waals surface area contributed by atoms with Gasteiger partial charge in [-0.05, 0) is 25.2 Å². The molecule has 1 aliphatic rings. The van der Waals surface area contributed by atoms with E-state index in [-0.39, 0.29) is 11.6 Å². The van der Waals surface area contributed by atoms with Crippen molar-refractivity contribution in [3.63, 3.8) is 0 Å². The van der Waals surface area contributed by atoms with Gasteiger partial charge >= 0.3 is 0 Å². The molecule has 0 aromatic rings. The van der Waals surface area contributed by atoms with Crippen LogP contribution < -0.4 is 5.73 Å². The predicted octanol–water partition coefficient (Wildman–Crippen LogP) is 3.10. The van der Waals surface area contributed by atoms with Crippen molar-refractivity contribution in [2.24, 2.45) is 11.7 Å². The monoisotopic (exact) mass is 213 g/mol. The van der Waals surface area contributed by atoms with E-state index >= 15 is 0 Å². The Labute approximate surface area is 94.6 Å². The van der Waals surface area contributed by atoms with E-state index in [0.29, 0.717) is 5.92 Å². The van der Waals surface area contributed by atoms with Gasteiger partial charge in [0.15, 0.2) is 0 Å². The third kappa shape index (κ3) is 3.46. The molecule has 90 valence electrons. The van der Waals surface area contributed by atoms with Crippen molar-refractivity contribution in [1.82, 2.24) is 0 Å². The van der Waals surface area contributed by atoms with Gasteiger partial charge in [0.05, 0.1) is 5.60 Å². The van der Waals surface area contributed by atoms with Crippen LogP contribution in [0.15, 0.2) is 0 Å². The first-order valence-electron chi connectivity index (χ1n) is 6.41. The highest BCUT2D eigenvalue weighted by Gasteiger charge is 2.36. The van der Waals surface area contributed by atoms with Gasteiger partial charge in [-0.15, -0.1) is 0 Å². The Kier molecular flexibility index (Phi) is 5.07. The van der Waals surface area contributed by atoms with Gasteiger partial charge in [-0.2, -0.15) is 0 Å². The summed E-state index contributed by atoms with van der Waals surface area (Å²) < 4.78 is 5.80. The first-order valence-corrected chi connectivity index (χ1v) is 6.41. The lowest BCUT2D eigenvalue weighted by Gasteiger charge is -2.38. The fourth-order valence-electron chi connectivity index (χ4n) is 2.78. The zero-order valence-corrected chi connectivity index (χ0v) is 10.6. The van der Waals surface area contributed by atoms with Crippen LogP contribution in [0.3, 0.4) is 0 Å². The Bertz CT molecular complexity index is 171. The average molecular weight is 213 g/mol. The maximum Gasteiger partial charge on any atom is 0.0828 e. The molecule has 1 atom stereocenters. The minimum absolute atomic E-state index is 0.0270. The molecule has 1 fully saturated rings. The lowest BCUT2D eigenvalue weighted by atomic mass is 9.82. The number of nitrogens with two attached hydrogens (primary N) is 1. The summed E-state index contributed by atoms with van der Waals surface area (Å²) in [5.74, 6) is 0.662. The van der Waals surface area contributed by atoms with Gasteiger partial charge in [0, 0.05) is 13.2 Å². The second kappa shape index (κ2) is 5.86. The first kappa shape index (κ1) is 13.0. The fraction of sp³-hybridized carbons (Fsp3) is 1.00. The summed E-state index contributed by atoms with van der Waals surface area (Å²) in [6.45, 7) is 4.47. The lowest BCUT2D eigenvalue weighted by molar-refractivity contribution is -0.0474. The second-order valence-electron chi connectivity index (χ2n) is 5.42. The summed E-state index contributed by atoms with van der Waals surface area (Å²) in [5.41, 5.74) is 6.31. The maximum absolute atomic E-state index is 6.34. The van der Waals surface area contributed by atoms with Crippen LogP contribution in [0.1, 0.15) is 58.8 Å². The Hall–Kier alpha value is -0.0800. The van der Waals surface area contributed by atoms with Crippen LogP contribution in [-0.4, -0.2) is 18.8 Å². The van der Waals surface area contributed by atoms with E-state index in [9.17, 15) is 0 Å². The SMILES string of the molecule is COC1(C(N)CC(C)C)CCCCCC1. The number of hydrogen-bond donors (Lipinski definition) is 1. The molecule has 1 unspecified atom stereocenters. The smallest absolute Gasteiger partial charge is 0.0828 e. The molecule has 15 heavy (non-hydrogen) atoms. The van der Waals surface area contributed by atoms with Gasteiger partial charge in [0.1, 0.15) is 0 Å². The minimum atomic E-state index is -0.0270. The normalized spacial score (nSPS) is 23.8. The molecule has 0 bridgehead atoms. The molecule has 1 saturated carbocycles. The van der Waals surface area contributed by atoms with Crippen LogP contribution in [0.25, 0.3) is 0 Å². The summed E-state index contributed by atoms with van der Waals surface area (Å²) in [7, 11) is 1.84. The minimum Gasteiger partial charge on any atom is -0.377 e. The molecule has 0 amide bonds. The van der Waals surface area contributed by atoms with E-state index < -0.39 is 0 Å². The van der Waals surface area contributed by atoms with Gasteiger partial charge in [-0.1, -0.05) is 39.5 Å². The Morgan fingerprint density at radius 2 is 1.67 bits per heavy atom. The highest BCUT2D eigenvalue weighted by atomic mass is 16.5. The molecule has 0 aromatic carbocycles. The average Bonchev–Trinajstić information content (AvgIpc) is 2.42. The van der Waals surface area contributed by atoms with Crippen LogP contribution >= 0.6 is 0 Å². The Balaban J connectivity index is 2.63. The molecular weight excluding hydrogens is 186 g/mol. The predicted molar refractivity (Wildman–Crippen MR) is 64.9 cm³/mol. The van der Waals surface area contributed by atoms with E-state index in [4.69, 9.17) is 10.5 Å². The zero-order chi connectivity index (χ0) is 11.3. The van der Waals surface area contributed by atoms with E-state index in [1.807, 2.05) is 7.11 Å². The van der Waals surface area contributed by atoms with Gasteiger partial charge in [-0.25, -0.2) is 0 Å². The van der Waals surface area contributed by atoms with Gasteiger partial charge in [0.2, 0.25) is 0 Å². The lowest BCUT2D eigenvalue weighted by Crippen LogP contribution is -2.49. The molecule has 2 heteroatoms. The van der Waals surface area contributed by atoms with Crippen LogP contribution in [0.5, 0.6) is 0 Å². The molecule has 0 saturated heterocycles. The first-order chi connectivity index (χ1) is 7.10. The fourth-order valence-corrected chi connectivity index (χ4v) is 2.78. The topological polar surface area (TPSA) is 35.2 Å². The molecular formula is C13H27NO. The Morgan fingerprint density at radius 3 is 2.07 bits per heavy atom. The van der Waals surface area contributed by atoms with Crippen molar-refractivity contribution in [1.29, 1.82) is 0 Å². The van der Waals surface area contributed by atoms with E-state index in [0.717, 1.165) is 19.3 Å². The number of hydrogen-bond acceptors (Lipinski definition) is 2. The molecule has 1 aliphatic carbocycles. The van der Waals surface area contributed by atoms with E-state index in [1.165, 1.54) is 25.7 Å². The summed E-state index contributed by atoms with van der Waals surface area (Å²) in [4.78, 5) is 0. The number of ether oxygens (including phenoxy) is 1. The van der Waals surface area contributed by atoms with Crippen LogP contribution in [0.4, 0.5) is 0 Å². The molecule has 0 spiro atoms. The van der Waals surface area contributed by atoms with Gasteiger partial charge in [-0.3, -0.25) is 0 Å². The van der Waals surface area contributed by atoms with E-state index in [1.54, 1.807) is 0 Å². The van der Waals surface area contributed by atoms with Gasteiger partial charge < -0.3 is 10.5 Å². The summed E-state index contributed by atoms with van der Waals surface area (Å²) >= 11 is 0. The molecule has 0 heterocycles. The maximum atomic E-state index is 6.34. The highest BCUT2D eigenvalue weighted by molar-refractivity contribution is 4.92. The third-order valence-electron chi connectivity index (χ3n) is 3.76. The van der Waals surface area contributed by atoms with Crippen LogP contribution in [-0.2, 0) is 4.74 Å². The summed E-state index contributed by atoms with van der Waals surface area (Å²) in [6, 6.07) is 0.209. The highest BCUT2D eigenvalue weighted by Crippen LogP contribution is 2.34. The molecule has 1 rings (SSSR count). The van der Waals surface area contributed by atoms with E-state index in [2.05, 4.69) is 13.8 Å². The third-order valence-corrected chi connectivity index (χ3v) is 3.76. The molecule has 0 aromatic heterocycles. The van der Waals surface area contributed by atoms with Crippen molar-refractivity contribution < 1.29 is 4.74 Å². The Morgan fingerprint density at radius 1 is 1.13 bits per heavy atom. The quantitative estimate of drug-likeness (QED) is 0.728. The molecule has 0 aliphatic heterocycles. The summed E-state index contributed by atoms with van der Waals surface area (Å²) in [5, 5.41) is 0. The number of methoxy groups -OCH3 is 1. The standard InChI is InChI=1S/C13H27NO/c1-11(2)10-12(14)13(15-3)8-6-4-5-7-9-13/h11-12H,4-10,14H2,1-3H3. The van der Waals surface area contributed by atoms with Crippen molar-refractivity contribution in [3.8, 4) is 0 Å². The largest absolute Gasteiger partial charge is 0.377 e. The number of rotatable bonds is 4. The zero-order valence-electron chi connectivity index (χ0n) is 10.6. The second-order valence-corrected chi connectivity index (χ2v) is 5.42. The van der Waals surface area contributed by atoms with Crippen molar-refractivity contribution in [2.45, 2.75) is 70.4 Å². The van der Waals surface area contributed by atoms with Crippen molar-refractivity contribution in [2.75, 3.05) is 7.11 Å². The molecule has 2 nitrogen and oxygen atoms in total. The summed E-state index contributed by atoms with van der Waals surface area (Å²) in [6.07, 6.45) is 8.63. The van der Waals surface area contributed by atoms with Crippen LogP contribution in [0.2, 0.25) is 0 Å². The molecule has 2 N–H and O–H groups in total. The van der Waals surface area contributed by atoms with Gasteiger partial charge in [0.25, 0.3) is 0 Å².